The van der Waals surface area contributed by atoms with Gasteiger partial charge in [0, 0.05) is 44.2 Å². The normalized spacial score (nSPS) is 16.3. The first-order chi connectivity index (χ1) is 15.6. The number of aromatic nitrogens is 3. The monoisotopic (exact) mass is 566 g/mol. The van der Waals surface area contributed by atoms with E-state index in [0.29, 0.717) is 31.3 Å². The first-order valence-electron chi connectivity index (χ1n) is 10.6. The van der Waals surface area contributed by atoms with Gasteiger partial charge in [-0.15, -0.1) is 24.0 Å². The molecule has 1 fully saturated rings. The second kappa shape index (κ2) is 11.9. The summed E-state index contributed by atoms with van der Waals surface area (Å²) in [5.74, 6) is 1.50. The van der Waals surface area contributed by atoms with Gasteiger partial charge in [-0.1, -0.05) is 0 Å². The molecule has 3 heterocycles. The zero-order chi connectivity index (χ0) is 22.3. The summed E-state index contributed by atoms with van der Waals surface area (Å²) in [4.78, 5) is 11.3. The lowest BCUT2D eigenvalue weighted by Gasteiger charge is -2.34. The van der Waals surface area contributed by atoms with Crippen LogP contribution in [-0.2, 0) is 18.3 Å². The molecule has 1 saturated heterocycles. The number of pyridine rings is 1. The number of rotatable bonds is 6. The number of hydrogen-bond acceptors (Lipinski definition) is 5. The maximum Gasteiger partial charge on any atom is 0.219 e. The van der Waals surface area contributed by atoms with Crippen LogP contribution in [0.1, 0.15) is 24.2 Å². The van der Waals surface area contributed by atoms with Crippen molar-refractivity contribution in [3.8, 4) is 11.6 Å². The van der Waals surface area contributed by atoms with Crippen LogP contribution in [0.2, 0.25) is 0 Å². The summed E-state index contributed by atoms with van der Waals surface area (Å²) in [6.07, 6.45) is 5.47. The van der Waals surface area contributed by atoms with Gasteiger partial charge in [-0.2, -0.15) is 5.10 Å². The number of guanidine groups is 1. The van der Waals surface area contributed by atoms with Crippen molar-refractivity contribution >= 4 is 29.9 Å². The van der Waals surface area contributed by atoms with Crippen LogP contribution in [0.3, 0.4) is 0 Å². The van der Waals surface area contributed by atoms with Crippen LogP contribution in [0.4, 0.5) is 4.39 Å². The van der Waals surface area contributed by atoms with Crippen LogP contribution in [-0.4, -0.2) is 51.9 Å². The Bertz CT molecular complexity index is 1060. The van der Waals surface area contributed by atoms with Crippen molar-refractivity contribution < 1.29 is 13.9 Å². The summed E-state index contributed by atoms with van der Waals surface area (Å²) >= 11 is 0. The van der Waals surface area contributed by atoms with Crippen molar-refractivity contribution in [1.82, 2.24) is 25.0 Å². The number of morpholine rings is 1. The molecule has 0 spiro atoms. The molecule has 8 nitrogen and oxygen atoms in total. The summed E-state index contributed by atoms with van der Waals surface area (Å²) < 4.78 is 26.6. The van der Waals surface area contributed by atoms with E-state index in [4.69, 9.17) is 14.5 Å². The van der Waals surface area contributed by atoms with Gasteiger partial charge < -0.3 is 19.7 Å². The topological polar surface area (TPSA) is 76.8 Å². The van der Waals surface area contributed by atoms with Crippen LogP contribution in [0.15, 0.2) is 60.0 Å². The van der Waals surface area contributed by atoms with Crippen molar-refractivity contribution in [1.29, 1.82) is 0 Å². The third-order valence-corrected chi connectivity index (χ3v) is 5.04. The first kappa shape index (κ1) is 24.9. The van der Waals surface area contributed by atoms with Crippen LogP contribution < -0.4 is 10.1 Å². The van der Waals surface area contributed by atoms with Gasteiger partial charge in [0.25, 0.3) is 0 Å². The molecule has 0 saturated carbocycles. The van der Waals surface area contributed by atoms with Crippen molar-refractivity contribution in [2.24, 2.45) is 12.0 Å². The van der Waals surface area contributed by atoms with E-state index in [2.05, 4.69) is 27.2 Å². The molecule has 2 aromatic heterocycles. The first-order valence-corrected chi connectivity index (χ1v) is 10.6. The van der Waals surface area contributed by atoms with Gasteiger partial charge >= 0.3 is 0 Å². The van der Waals surface area contributed by atoms with Gasteiger partial charge in [0.2, 0.25) is 5.88 Å². The minimum atomic E-state index is -0.307. The van der Waals surface area contributed by atoms with Crippen LogP contribution in [0.25, 0.3) is 0 Å². The molecule has 3 aromatic rings. The van der Waals surface area contributed by atoms with E-state index in [-0.39, 0.29) is 35.9 Å². The maximum absolute atomic E-state index is 13.1. The molecule has 1 aliphatic heterocycles. The number of nitrogens with zero attached hydrogens (tertiary/aromatic N) is 5. The number of benzene rings is 1. The predicted molar refractivity (Wildman–Crippen MR) is 134 cm³/mol. The highest BCUT2D eigenvalue weighted by molar-refractivity contribution is 14.0. The van der Waals surface area contributed by atoms with E-state index in [0.717, 1.165) is 30.2 Å². The van der Waals surface area contributed by atoms with Gasteiger partial charge in [0.1, 0.15) is 17.7 Å². The molecule has 0 bridgehead atoms. The molecule has 0 amide bonds. The lowest BCUT2D eigenvalue weighted by molar-refractivity contribution is -0.00805. The fourth-order valence-corrected chi connectivity index (χ4v) is 3.47. The van der Waals surface area contributed by atoms with Gasteiger partial charge in [0.15, 0.2) is 5.96 Å². The fraction of sp³-hybridized carbons (Fsp3) is 0.348. The van der Waals surface area contributed by atoms with Gasteiger partial charge in [0.05, 0.1) is 25.9 Å². The molecule has 1 unspecified atom stereocenters. The predicted octanol–water partition coefficient (Wildman–Crippen LogP) is 3.90. The van der Waals surface area contributed by atoms with Gasteiger partial charge in [-0.3, -0.25) is 4.68 Å². The SMILES string of the molecule is CCNC(=NCc1ccnc(Oc2ccc(F)cc2)c1)N1CCOC(c2cnn(C)c2)C1.I. The average Bonchev–Trinajstić information content (AvgIpc) is 3.25. The summed E-state index contributed by atoms with van der Waals surface area (Å²) in [7, 11) is 1.90. The Morgan fingerprint density at radius 1 is 1.30 bits per heavy atom. The highest BCUT2D eigenvalue weighted by Crippen LogP contribution is 2.23. The standard InChI is InChI=1S/C23H27FN6O2.HI/c1-3-25-23(30-10-11-31-21(16-30)18-14-28-29(2)15-18)27-13-17-8-9-26-22(12-17)32-20-6-4-19(24)5-7-20;/h4-9,12,14-15,21H,3,10-11,13,16H2,1-2H3,(H,25,27);1H. The van der Waals surface area contributed by atoms with Crippen LogP contribution in [0, 0.1) is 5.82 Å². The summed E-state index contributed by atoms with van der Waals surface area (Å²) in [5, 5.41) is 7.63. The Morgan fingerprint density at radius 3 is 2.85 bits per heavy atom. The number of ether oxygens (including phenoxy) is 2. The van der Waals surface area contributed by atoms with Crippen LogP contribution in [0.5, 0.6) is 11.6 Å². The quantitative estimate of drug-likeness (QED) is 0.277. The Kier molecular flexibility index (Phi) is 9.01. The lowest BCUT2D eigenvalue weighted by Crippen LogP contribution is -2.48. The number of nitrogens with one attached hydrogen (secondary N) is 1. The molecule has 1 N–H and O–H groups in total. The Hall–Kier alpha value is -2.73. The molecule has 4 rings (SSSR count). The van der Waals surface area contributed by atoms with Crippen molar-refractivity contribution in [3.05, 3.63) is 71.9 Å². The van der Waals surface area contributed by atoms with Crippen molar-refractivity contribution in [3.63, 3.8) is 0 Å². The minimum Gasteiger partial charge on any atom is -0.439 e. The second-order valence-corrected chi connectivity index (χ2v) is 7.48. The van der Waals surface area contributed by atoms with Gasteiger partial charge in [-0.05, 0) is 42.8 Å². The largest absolute Gasteiger partial charge is 0.439 e. The summed E-state index contributed by atoms with van der Waals surface area (Å²) in [5.41, 5.74) is 2.02. The zero-order valence-corrected chi connectivity index (χ0v) is 21.0. The number of aryl methyl sites for hydroxylation is 1. The molecule has 1 aromatic carbocycles. The fourth-order valence-electron chi connectivity index (χ4n) is 3.47. The highest BCUT2D eigenvalue weighted by atomic mass is 127. The molecule has 1 atom stereocenters. The molecule has 10 heteroatoms. The molecule has 33 heavy (non-hydrogen) atoms. The van der Waals surface area contributed by atoms with E-state index >= 15 is 0 Å². The van der Waals surface area contributed by atoms with Crippen LogP contribution >= 0.6 is 24.0 Å². The molecule has 0 aliphatic carbocycles. The molecule has 176 valence electrons. The minimum absolute atomic E-state index is 0. The zero-order valence-electron chi connectivity index (χ0n) is 18.6. The van der Waals surface area contributed by atoms with Crippen molar-refractivity contribution in [2.45, 2.75) is 19.6 Å². The molecule has 0 radical (unpaired) electrons. The number of hydrogen-bond donors (Lipinski definition) is 1. The highest BCUT2D eigenvalue weighted by Gasteiger charge is 2.25. The van der Waals surface area contributed by atoms with Crippen molar-refractivity contribution in [2.75, 3.05) is 26.2 Å². The third-order valence-electron chi connectivity index (χ3n) is 5.04. The number of halogens is 2. The van der Waals surface area contributed by atoms with E-state index in [1.165, 1.54) is 12.1 Å². The van der Waals surface area contributed by atoms with Gasteiger partial charge in [-0.25, -0.2) is 14.4 Å². The number of aliphatic imine (C=N–C) groups is 1. The molecule has 1 aliphatic rings. The van der Waals surface area contributed by atoms with E-state index < -0.39 is 0 Å². The Balaban J connectivity index is 0.00000306. The second-order valence-electron chi connectivity index (χ2n) is 7.48. The van der Waals surface area contributed by atoms with E-state index in [1.807, 2.05) is 31.6 Å². The Morgan fingerprint density at radius 2 is 2.12 bits per heavy atom. The smallest absolute Gasteiger partial charge is 0.219 e. The molecular weight excluding hydrogens is 538 g/mol. The third kappa shape index (κ3) is 6.87. The summed E-state index contributed by atoms with van der Waals surface area (Å²) in [6.45, 7) is 5.37. The maximum atomic E-state index is 13.1. The molecular formula is C23H28FIN6O2. The Labute approximate surface area is 209 Å². The lowest BCUT2D eigenvalue weighted by atomic mass is 10.1. The van der Waals surface area contributed by atoms with E-state index in [1.54, 1.807) is 23.0 Å². The van der Waals surface area contributed by atoms with E-state index in [9.17, 15) is 4.39 Å². The summed E-state index contributed by atoms with van der Waals surface area (Å²) in [6, 6.07) is 9.60. The average molecular weight is 566 g/mol.